The van der Waals surface area contributed by atoms with E-state index in [0.717, 1.165) is 5.56 Å². The second-order valence-electron chi connectivity index (χ2n) is 6.85. The minimum absolute atomic E-state index is 0.141. The molecule has 0 aromatic heterocycles. The monoisotopic (exact) mass is 320 g/mol. The number of hydrogen-bond donors (Lipinski definition) is 3. The van der Waals surface area contributed by atoms with E-state index in [0.29, 0.717) is 17.7 Å². The van der Waals surface area contributed by atoms with Crippen molar-refractivity contribution in [1.29, 1.82) is 0 Å². The Morgan fingerprint density at radius 1 is 1.04 bits per heavy atom. The Bertz CT molecular complexity index is 630. The number of hydrogen-bond acceptors (Lipinski definition) is 3. The molecule has 6 heteroatoms. The number of amides is 2. The fraction of sp³-hybridized carbons (Fsp3) is 0.471. The van der Waals surface area contributed by atoms with Crippen molar-refractivity contribution < 1.29 is 19.5 Å². The smallest absolute Gasteiger partial charge is 0.336 e. The predicted octanol–water partition coefficient (Wildman–Crippen LogP) is 2.49. The van der Waals surface area contributed by atoms with Crippen LogP contribution >= 0.6 is 0 Å². The lowest BCUT2D eigenvalue weighted by Gasteiger charge is -2.17. The Kier molecular flexibility index (Phi) is 5.90. The second kappa shape index (κ2) is 7.26. The molecule has 1 aromatic rings. The molecule has 0 heterocycles. The molecule has 6 nitrogen and oxygen atoms in total. The Hall–Kier alpha value is -2.37. The standard InChI is InChI=1S/C17H24N2O4/c1-10-6-11(2)13(7-12(10)16(22)23)19-15(21)9-18-14(20)8-17(3,4)5/h6-7H,8-9H2,1-5H3,(H,18,20)(H,19,21)(H,22,23). The molecule has 23 heavy (non-hydrogen) atoms. The van der Waals surface area contributed by atoms with Crippen molar-refractivity contribution in [2.24, 2.45) is 5.41 Å². The molecule has 0 saturated carbocycles. The van der Waals surface area contributed by atoms with E-state index in [4.69, 9.17) is 5.11 Å². The van der Waals surface area contributed by atoms with Crippen LogP contribution in [0.2, 0.25) is 0 Å². The molecule has 1 aromatic carbocycles. The van der Waals surface area contributed by atoms with Crippen molar-refractivity contribution in [3.63, 3.8) is 0 Å². The summed E-state index contributed by atoms with van der Waals surface area (Å²) in [6.45, 7) is 9.16. The highest BCUT2D eigenvalue weighted by atomic mass is 16.4. The summed E-state index contributed by atoms with van der Waals surface area (Å²) in [4.78, 5) is 34.8. The second-order valence-corrected chi connectivity index (χ2v) is 6.85. The molecule has 3 N–H and O–H groups in total. The highest BCUT2D eigenvalue weighted by molar-refractivity contribution is 5.97. The van der Waals surface area contributed by atoms with Crippen LogP contribution in [-0.2, 0) is 9.59 Å². The van der Waals surface area contributed by atoms with E-state index < -0.39 is 11.9 Å². The molecule has 0 saturated heterocycles. The van der Waals surface area contributed by atoms with Crippen LogP contribution < -0.4 is 10.6 Å². The van der Waals surface area contributed by atoms with Gasteiger partial charge in [0.05, 0.1) is 12.1 Å². The third-order valence-electron chi connectivity index (χ3n) is 3.21. The molecule has 126 valence electrons. The molecule has 0 unspecified atom stereocenters. The number of nitrogens with one attached hydrogen (secondary N) is 2. The van der Waals surface area contributed by atoms with Crippen LogP contribution in [0, 0.1) is 19.3 Å². The van der Waals surface area contributed by atoms with E-state index in [1.807, 2.05) is 20.8 Å². The van der Waals surface area contributed by atoms with Gasteiger partial charge in [-0.25, -0.2) is 4.79 Å². The van der Waals surface area contributed by atoms with E-state index in [9.17, 15) is 14.4 Å². The van der Waals surface area contributed by atoms with Crippen molar-refractivity contribution in [2.45, 2.75) is 41.0 Å². The van der Waals surface area contributed by atoms with Crippen molar-refractivity contribution in [1.82, 2.24) is 5.32 Å². The van der Waals surface area contributed by atoms with Gasteiger partial charge in [0.1, 0.15) is 0 Å². The molecule has 0 spiro atoms. The zero-order chi connectivity index (χ0) is 17.8. The largest absolute Gasteiger partial charge is 0.478 e. The lowest BCUT2D eigenvalue weighted by Crippen LogP contribution is -2.34. The fourth-order valence-electron chi connectivity index (χ4n) is 2.13. The lowest BCUT2D eigenvalue weighted by atomic mass is 9.92. The fourth-order valence-corrected chi connectivity index (χ4v) is 2.13. The molecule has 1 rings (SSSR count). The van der Waals surface area contributed by atoms with E-state index in [2.05, 4.69) is 10.6 Å². The van der Waals surface area contributed by atoms with Gasteiger partial charge >= 0.3 is 5.97 Å². The van der Waals surface area contributed by atoms with Crippen LogP contribution in [0.4, 0.5) is 5.69 Å². The van der Waals surface area contributed by atoms with Gasteiger partial charge in [-0.3, -0.25) is 9.59 Å². The first-order valence-electron chi connectivity index (χ1n) is 7.40. The Labute approximate surface area is 136 Å². The molecular weight excluding hydrogens is 296 g/mol. The predicted molar refractivity (Wildman–Crippen MR) is 88.6 cm³/mol. The van der Waals surface area contributed by atoms with Gasteiger partial charge in [0.15, 0.2) is 0 Å². The van der Waals surface area contributed by atoms with Gasteiger partial charge in [-0.05, 0) is 36.5 Å². The van der Waals surface area contributed by atoms with Crippen molar-refractivity contribution >= 4 is 23.5 Å². The van der Waals surface area contributed by atoms with Gasteiger partial charge in [-0.15, -0.1) is 0 Å². The highest BCUT2D eigenvalue weighted by Gasteiger charge is 2.17. The zero-order valence-corrected chi connectivity index (χ0v) is 14.2. The van der Waals surface area contributed by atoms with Crippen molar-refractivity contribution in [3.05, 3.63) is 28.8 Å². The SMILES string of the molecule is Cc1cc(C)c(C(=O)O)cc1NC(=O)CNC(=O)CC(C)(C)C. The third-order valence-corrected chi connectivity index (χ3v) is 3.21. The molecule has 0 aliphatic rings. The summed E-state index contributed by atoms with van der Waals surface area (Å²) in [6, 6.07) is 3.14. The topological polar surface area (TPSA) is 95.5 Å². The van der Waals surface area contributed by atoms with Gasteiger partial charge in [0, 0.05) is 12.1 Å². The van der Waals surface area contributed by atoms with Gasteiger partial charge in [-0.1, -0.05) is 26.8 Å². The number of aryl methyl sites for hydroxylation is 2. The summed E-state index contributed by atoms with van der Waals surface area (Å²) in [7, 11) is 0. The zero-order valence-electron chi connectivity index (χ0n) is 14.2. The Morgan fingerprint density at radius 3 is 2.17 bits per heavy atom. The number of carbonyl (C=O) groups is 3. The van der Waals surface area contributed by atoms with E-state index in [1.165, 1.54) is 6.07 Å². The number of benzene rings is 1. The summed E-state index contributed by atoms with van der Waals surface area (Å²) in [5, 5.41) is 14.3. The maximum absolute atomic E-state index is 11.9. The molecule has 0 atom stereocenters. The quantitative estimate of drug-likeness (QED) is 0.776. The minimum atomic E-state index is -1.04. The van der Waals surface area contributed by atoms with Crippen LogP contribution in [-0.4, -0.2) is 29.4 Å². The Morgan fingerprint density at radius 2 is 1.65 bits per heavy atom. The van der Waals surface area contributed by atoms with Gasteiger partial charge in [0.25, 0.3) is 0 Å². The van der Waals surface area contributed by atoms with Crippen LogP contribution in [0.25, 0.3) is 0 Å². The molecular formula is C17H24N2O4. The van der Waals surface area contributed by atoms with Crippen molar-refractivity contribution in [2.75, 3.05) is 11.9 Å². The molecule has 0 aliphatic heterocycles. The number of anilines is 1. The van der Waals surface area contributed by atoms with Gasteiger partial charge in [-0.2, -0.15) is 0 Å². The summed E-state index contributed by atoms with van der Waals surface area (Å²) in [6.07, 6.45) is 0.326. The highest BCUT2D eigenvalue weighted by Crippen LogP contribution is 2.21. The molecule has 0 fully saturated rings. The summed E-state index contributed by atoms with van der Waals surface area (Å²) in [5.41, 5.74) is 1.82. The first-order chi connectivity index (χ1) is 10.5. The third kappa shape index (κ3) is 6.10. The van der Waals surface area contributed by atoms with Crippen LogP contribution in [0.5, 0.6) is 0 Å². The molecule has 0 aliphatic carbocycles. The van der Waals surface area contributed by atoms with Crippen LogP contribution in [0.15, 0.2) is 12.1 Å². The maximum Gasteiger partial charge on any atom is 0.336 e. The van der Waals surface area contributed by atoms with Crippen LogP contribution in [0.3, 0.4) is 0 Å². The number of rotatable bonds is 5. The molecule has 0 radical (unpaired) electrons. The van der Waals surface area contributed by atoms with Crippen molar-refractivity contribution in [3.8, 4) is 0 Å². The number of carbonyl (C=O) groups excluding carboxylic acids is 2. The number of carboxylic acid groups (broad SMARTS) is 1. The van der Waals surface area contributed by atoms with Gasteiger partial charge in [0.2, 0.25) is 11.8 Å². The number of carboxylic acids is 1. The maximum atomic E-state index is 11.9. The molecule has 0 bridgehead atoms. The summed E-state index contributed by atoms with van der Waals surface area (Å²) < 4.78 is 0. The van der Waals surface area contributed by atoms with E-state index >= 15 is 0 Å². The normalized spacial score (nSPS) is 11.0. The van der Waals surface area contributed by atoms with E-state index in [1.54, 1.807) is 19.9 Å². The van der Waals surface area contributed by atoms with E-state index in [-0.39, 0.29) is 23.4 Å². The first-order valence-corrected chi connectivity index (χ1v) is 7.40. The minimum Gasteiger partial charge on any atom is -0.478 e. The average molecular weight is 320 g/mol. The summed E-state index contributed by atoms with van der Waals surface area (Å²) in [5.74, 6) is -1.63. The molecule has 2 amide bonds. The van der Waals surface area contributed by atoms with Crippen LogP contribution in [0.1, 0.15) is 48.7 Å². The lowest BCUT2D eigenvalue weighted by molar-refractivity contribution is -0.125. The summed E-state index contributed by atoms with van der Waals surface area (Å²) >= 11 is 0. The first kappa shape index (κ1) is 18.7. The van der Waals surface area contributed by atoms with Gasteiger partial charge < -0.3 is 15.7 Å². The number of aromatic carboxylic acids is 1. The average Bonchev–Trinajstić information content (AvgIpc) is 2.37. The Balaban J connectivity index is 2.70.